The first-order chi connectivity index (χ1) is 17.0. The van der Waals surface area contributed by atoms with E-state index < -0.39 is 0 Å². The normalized spacial score (nSPS) is 15.9. The lowest BCUT2D eigenvalue weighted by Gasteiger charge is -2.24. The standard InChI is InChI=1S/C30H31ClN2O2/c1-19-12-20(2)14-22(13-19)27-18-33-29-17-28(31)25(21-6-5-8-24(34)15-21)16-26(29)30(27)35-11-9-23-7-3-4-10-32-23/h5-6,8,12-18,23,32,34H,3-4,7,9-11H2,1-2H3. The van der Waals surface area contributed by atoms with E-state index in [9.17, 15) is 5.11 Å². The summed E-state index contributed by atoms with van der Waals surface area (Å²) >= 11 is 6.68. The van der Waals surface area contributed by atoms with E-state index in [1.54, 1.807) is 12.1 Å². The number of nitrogens with one attached hydrogen (secondary N) is 1. The maximum Gasteiger partial charge on any atom is 0.138 e. The van der Waals surface area contributed by atoms with Gasteiger partial charge < -0.3 is 15.2 Å². The number of benzene rings is 3. The fourth-order valence-electron chi connectivity index (χ4n) is 5.05. The fourth-order valence-corrected chi connectivity index (χ4v) is 5.32. The molecule has 3 aromatic carbocycles. The molecule has 0 saturated carbocycles. The summed E-state index contributed by atoms with van der Waals surface area (Å²) in [7, 11) is 0. The quantitative estimate of drug-likeness (QED) is 0.297. The van der Waals surface area contributed by atoms with Gasteiger partial charge in [-0.3, -0.25) is 4.98 Å². The Bertz CT molecular complexity index is 1340. The number of pyridine rings is 1. The zero-order valence-corrected chi connectivity index (χ0v) is 21.0. The zero-order valence-electron chi connectivity index (χ0n) is 20.3. The third kappa shape index (κ3) is 5.29. The van der Waals surface area contributed by atoms with Gasteiger partial charge in [-0.15, -0.1) is 0 Å². The van der Waals surface area contributed by atoms with Crippen LogP contribution < -0.4 is 10.1 Å². The number of ether oxygens (including phenoxy) is 1. The number of rotatable bonds is 6. The Morgan fingerprint density at radius 2 is 1.83 bits per heavy atom. The van der Waals surface area contributed by atoms with E-state index in [4.69, 9.17) is 21.3 Å². The largest absolute Gasteiger partial charge is 0.508 e. The SMILES string of the molecule is Cc1cc(C)cc(-c2cnc3cc(Cl)c(-c4cccc(O)c4)cc3c2OCCC2CCCCN2)c1. The van der Waals surface area contributed by atoms with Gasteiger partial charge in [-0.2, -0.15) is 0 Å². The molecule has 1 atom stereocenters. The summed E-state index contributed by atoms with van der Waals surface area (Å²) in [4.78, 5) is 4.76. The van der Waals surface area contributed by atoms with Crippen molar-refractivity contribution in [3.63, 3.8) is 0 Å². The highest BCUT2D eigenvalue weighted by Gasteiger charge is 2.18. The van der Waals surface area contributed by atoms with Crippen molar-refractivity contribution >= 4 is 22.5 Å². The van der Waals surface area contributed by atoms with Crippen LogP contribution in [0, 0.1) is 13.8 Å². The number of aryl methyl sites for hydroxylation is 2. The van der Waals surface area contributed by atoms with Crippen molar-refractivity contribution in [3.05, 3.63) is 76.9 Å². The minimum atomic E-state index is 0.206. The molecule has 0 amide bonds. The highest BCUT2D eigenvalue weighted by molar-refractivity contribution is 6.34. The Morgan fingerprint density at radius 1 is 1.00 bits per heavy atom. The summed E-state index contributed by atoms with van der Waals surface area (Å²) in [6.45, 7) is 5.93. The van der Waals surface area contributed by atoms with E-state index in [2.05, 4.69) is 37.4 Å². The van der Waals surface area contributed by atoms with Crippen molar-refractivity contribution in [2.24, 2.45) is 0 Å². The van der Waals surface area contributed by atoms with E-state index in [1.165, 1.54) is 30.4 Å². The van der Waals surface area contributed by atoms with Crippen LogP contribution in [0.2, 0.25) is 5.02 Å². The summed E-state index contributed by atoms with van der Waals surface area (Å²) in [6, 6.07) is 18.1. The first-order valence-electron chi connectivity index (χ1n) is 12.3. The van der Waals surface area contributed by atoms with E-state index in [1.807, 2.05) is 30.5 Å². The molecule has 4 nitrogen and oxygen atoms in total. The number of phenolic OH excluding ortho intramolecular Hbond substituents is 1. The molecule has 0 aliphatic carbocycles. The summed E-state index contributed by atoms with van der Waals surface area (Å²) in [5, 5.41) is 15.2. The molecular weight excluding hydrogens is 456 g/mol. The molecule has 0 spiro atoms. The summed E-state index contributed by atoms with van der Waals surface area (Å²) in [5.41, 5.74) is 6.96. The molecule has 1 aliphatic rings. The molecule has 2 N–H and O–H groups in total. The Morgan fingerprint density at radius 3 is 2.57 bits per heavy atom. The molecule has 1 aromatic heterocycles. The number of piperidine rings is 1. The zero-order chi connectivity index (χ0) is 24.4. The number of phenols is 1. The molecule has 0 radical (unpaired) electrons. The van der Waals surface area contributed by atoms with Gasteiger partial charge in [-0.1, -0.05) is 59.5 Å². The molecule has 1 unspecified atom stereocenters. The predicted molar refractivity (Wildman–Crippen MR) is 145 cm³/mol. The molecule has 5 heteroatoms. The maximum atomic E-state index is 10.0. The number of halogens is 1. The molecule has 180 valence electrons. The lowest BCUT2D eigenvalue weighted by molar-refractivity contribution is 0.271. The summed E-state index contributed by atoms with van der Waals surface area (Å²) < 4.78 is 6.57. The van der Waals surface area contributed by atoms with Gasteiger partial charge in [0.05, 0.1) is 17.1 Å². The fraction of sp³-hybridized carbons (Fsp3) is 0.300. The Balaban J connectivity index is 1.61. The van der Waals surface area contributed by atoms with Crippen LogP contribution in [0.4, 0.5) is 0 Å². The first-order valence-corrected chi connectivity index (χ1v) is 12.7. The number of fused-ring (bicyclic) bond motifs is 1. The van der Waals surface area contributed by atoms with E-state index >= 15 is 0 Å². The number of aromatic hydroxyl groups is 1. The van der Waals surface area contributed by atoms with Gasteiger partial charge in [0, 0.05) is 28.8 Å². The monoisotopic (exact) mass is 486 g/mol. The minimum Gasteiger partial charge on any atom is -0.508 e. The number of aromatic nitrogens is 1. The van der Waals surface area contributed by atoms with Crippen molar-refractivity contribution in [2.75, 3.05) is 13.2 Å². The lowest BCUT2D eigenvalue weighted by Crippen LogP contribution is -2.35. The van der Waals surface area contributed by atoms with Gasteiger partial charge in [-0.25, -0.2) is 0 Å². The van der Waals surface area contributed by atoms with Crippen LogP contribution in [0.15, 0.2) is 60.8 Å². The maximum absolute atomic E-state index is 10.0. The molecule has 1 aliphatic heterocycles. The van der Waals surface area contributed by atoms with Gasteiger partial charge in [0.25, 0.3) is 0 Å². The average molecular weight is 487 g/mol. The molecule has 0 bridgehead atoms. The van der Waals surface area contributed by atoms with Gasteiger partial charge in [0.1, 0.15) is 11.5 Å². The highest BCUT2D eigenvalue weighted by atomic mass is 35.5. The van der Waals surface area contributed by atoms with Crippen LogP contribution in [0.3, 0.4) is 0 Å². The van der Waals surface area contributed by atoms with Crippen LogP contribution in [0.5, 0.6) is 11.5 Å². The Hall–Kier alpha value is -3.08. The second-order valence-corrected chi connectivity index (χ2v) is 9.97. The van der Waals surface area contributed by atoms with E-state index in [-0.39, 0.29) is 5.75 Å². The molecular formula is C30H31ClN2O2. The number of hydrogen-bond donors (Lipinski definition) is 2. The highest BCUT2D eigenvalue weighted by Crippen LogP contribution is 2.41. The third-order valence-corrected chi connectivity index (χ3v) is 7.04. The minimum absolute atomic E-state index is 0.206. The summed E-state index contributed by atoms with van der Waals surface area (Å²) in [5.74, 6) is 1.03. The molecule has 1 saturated heterocycles. The second kappa shape index (κ2) is 10.3. The smallest absolute Gasteiger partial charge is 0.138 e. The van der Waals surface area contributed by atoms with Gasteiger partial charge >= 0.3 is 0 Å². The Labute approximate surface area is 211 Å². The summed E-state index contributed by atoms with van der Waals surface area (Å²) in [6.07, 6.45) is 6.58. The van der Waals surface area contributed by atoms with Crippen LogP contribution in [0.1, 0.15) is 36.8 Å². The van der Waals surface area contributed by atoms with E-state index in [0.29, 0.717) is 17.7 Å². The number of nitrogens with zero attached hydrogens (tertiary/aromatic N) is 1. The molecule has 2 heterocycles. The van der Waals surface area contributed by atoms with Crippen molar-refractivity contribution in [1.82, 2.24) is 10.3 Å². The third-order valence-electron chi connectivity index (χ3n) is 6.72. The molecule has 5 rings (SSSR count). The van der Waals surface area contributed by atoms with Crippen LogP contribution in [-0.4, -0.2) is 29.3 Å². The van der Waals surface area contributed by atoms with Crippen LogP contribution in [0.25, 0.3) is 33.2 Å². The van der Waals surface area contributed by atoms with Crippen molar-refractivity contribution in [3.8, 4) is 33.8 Å². The topological polar surface area (TPSA) is 54.4 Å². The molecule has 1 fully saturated rings. The first kappa shape index (κ1) is 23.7. The van der Waals surface area contributed by atoms with Gasteiger partial charge in [0.15, 0.2) is 0 Å². The lowest BCUT2D eigenvalue weighted by atomic mass is 9.97. The predicted octanol–water partition coefficient (Wildman–Crippen LogP) is 7.46. The molecule has 35 heavy (non-hydrogen) atoms. The van der Waals surface area contributed by atoms with Crippen molar-refractivity contribution in [1.29, 1.82) is 0 Å². The van der Waals surface area contributed by atoms with E-state index in [0.717, 1.165) is 51.9 Å². The average Bonchev–Trinajstić information content (AvgIpc) is 2.83. The van der Waals surface area contributed by atoms with Crippen LogP contribution >= 0.6 is 11.6 Å². The Kier molecular flexibility index (Phi) is 6.94. The van der Waals surface area contributed by atoms with Gasteiger partial charge in [-0.05, 0) is 75.0 Å². The molecule has 4 aromatic rings. The number of hydrogen-bond acceptors (Lipinski definition) is 4. The van der Waals surface area contributed by atoms with Crippen molar-refractivity contribution < 1.29 is 9.84 Å². The van der Waals surface area contributed by atoms with Crippen molar-refractivity contribution in [2.45, 2.75) is 45.6 Å². The second-order valence-electron chi connectivity index (χ2n) is 9.56. The van der Waals surface area contributed by atoms with Gasteiger partial charge in [0.2, 0.25) is 0 Å². The van der Waals surface area contributed by atoms with Crippen LogP contribution in [-0.2, 0) is 0 Å².